The lowest BCUT2D eigenvalue weighted by Crippen LogP contribution is -1.85. The van der Waals surface area contributed by atoms with Crippen molar-refractivity contribution in [1.29, 1.82) is 0 Å². The molecule has 0 unspecified atom stereocenters. The number of aryl methyl sites for hydroxylation is 2. The third-order valence-electron chi connectivity index (χ3n) is 2.33. The number of aliphatic imine (C=N–C) groups is 1. The van der Waals surface area contributed by atoms with Crippen molar-refractivity contribution in [2.24, 2.45) is 12.0 Å². The molecule has 0 saturated carbocycles. The lowest BCUT2D eigenvalue weighted by atomic mass is 10.2. The zero-order valence-electron chi connectivity index (χ0n) is 8.11. The molecule has 1 aromatic heterocycles. The van der Waals surface area contributed by atoms with Crippen LogP contribution in [-0.4, -0.2) is 10.6 Å². The molecule has 3 nitrogen and oxygen atoms in total. The first-order chi connectivity index (χ1) is 6.72. The highest BCUT2D eigenvalue weighted by Gasteiger charge is 2.03. The Morgan fingerprint density at radius 1 is 1.36 bits per heavy atom. The number of hydrogen-bond donors (Lipinski definition) is 0. The second kappa shape index (κ2) is 3.13. The number of carbonyl (C=O) groups excluding carboxylic acids is 1. The van der Waals surface area contributed by atoms with Crippen LogP contribution in [0.3, 0.4) is 0 Å². The average Bonchev–Trinajstić information content (AvgIpc) is 2.44. The number of rotatable bonds is 1. The second-order valence-corrected chi connectivity index (χ2v) is 3.33. The smallest absolute Gasteiger partial charge is 0.242 e. The van der Waals surface area contributed by atoms with Gasteiger partial charge in [0.2, 0.25) is 6.08 Å². The van der Waals surface area contributed by atoms with Gasteiger partial charge in [0.25, 0.3) is 0 Å². The zero-order chi connectivity index (χ0) is 10.1. The molecule has 0 amide bonds. The fraction of sp³-hybridized carbons (Fsp3) is 0.182. The van der Waals surface area contributed by atoms with Crippen LogP contribution >= 0.6 is 0 Å². The highest BCUT2D eigenvalue weighted by molar-refractivity contribution is 5.85. The number of aromatic nitrogens is 1. The number of hydrogen-bond acceptors (Lipinski definition) is 2. The quantitative estimate of drug-likeness (QED) is 0.497. The van der Waals surface area contributed by atoms with Crippen molar-refractivity contribution in [2.45, 2.75) is 6.92 Å². The van der Waals surface area contributed by atoms with Crippen LogP contribution in [-0.2, 0) is 11.8 Å². The van der Waals surface area contributed by atoms with E-state index in [-0.39, 0.29) is 0 Å². The predicted molar refractivity (Wildman–Crippen MR) is 55.4 cm³/mol. The van der Waals surface area contributed by atoms with Crippen molar-refractivity contribution in [3.63, 3.8) is 0 Å². The molecule has 1 heterocycles. The van der Waals surface area contributed by atoms with E-state index in [9.17, 15) is 4.79 Å². The van der Waals surface area contributed by atoms with Gasteiger partial charge in [0.05, 0.1) is 0 Å². The van der Waals surface area contributed by atoms with Crippen LogP contribution in [0.5, 0.6) is 0 Å². The molecule has 70 valence electrons. The standard InChI is InChI=1S/C11H10N2O/c1-8-3-4-10-9(5-8)6-11(12-7-14)13(10)2/h3-6H,1-2H3. The van der Waals surface area contributed by atoms with Gasteiger partial charge in [0.1, 0.15) is 5.82 Å². The Bertz CT molecular complexity index is 533. The van der Waals surface area contributed by atoms with Crippen LogP contribution in [0, 0.1) is 6.92 Å². The molecule has 0 bridgehead atoms. The third kappa shape index (κ3) is 1.24. The largest absolute Gasteiger partial charge is 0.328 e. The van der Waals surface area contributed by atoms with Gasteiger partial charge in [-0.2, -0.15) is 0 Å². The zero-order valence-corrected chi connectivity index (χ0v) is 8.11. The molecule has 0 aliphatic heterocycles. The minimum Gasteiger partial charge on any atom is -0.328 e. The van der Waals surface area contributed by atoms with Gasteiger partial charge >= 0.3 is 0 Å². The number of nitrogens with zero attached hydrogens (tertiary/aromatic N) is 2. The van der Waals surface area contributed by atoms with E-state index in [4.69, 9.17) is 0 Å². The maximum atomic E-state index is 10.2. The Kier molecular flexibility index (Phi) is 1.95. The first-order valence-corrected chi connectivity index (χ1v) is 4.36. The number of isocyanates is 1. The Hall–Kier alpha value is -1.86. The van der Waals surface area contributed by atoms with Crippen LogP contribution < -0.4 is 0 Å². The lowest BCUT2D eigenvalue weighted by Gasteiger charge is -1.97. The molecule has 0 saturated heterocycles. The van der Waals surface area contributed by atoms with Crippen LogP contribution in [0.15, 0.2) is 29.3 Å². The summed E-state index contributed by atoms with van der Waals surface area (Å²) < 4.78 is 1.87. The van der Waals surface area contributed by atoms with Gasteiger partial charge in [0, 0.05) is 18.0 Å². The molecule has 2 aromatic rings. The second-order valence-electron chi connectivity index (χ2n) is 3.33. The van der Waals surface area contributed by atoms with Gasteiger partial charge in [-0.1, -0.05) is 11.6 Å². The van der Waals surface area contributed by atoms with Gasteiger partial charge < -0.3 is 4.57 Å². The van der Waals surface area contributed by atoms with Gasteiger partial charge in [-0.05, 0) is 25.1 Å². The molecule has 0 spiro atoms. The van der Waals surface area contributed by atoms with E-state index in [2.05, 4.69) is 11.1 Å². The monoisotopic (exact) mass is 186 g/mol. The third-order valence-corrected chi connectivity index (χ3v) is 2.33. The van der Waals surface area contributed by atoms with Gasteiger partial charge in [0.15, 0.2) is 0 Å². The molecule has 0 atom stereocenters. The van der Waals surface area contributed by atoms with E-state index in [1.807, 2.05) is 36.7 Å². The molecule has 0 aliphatic rings. The first-order valence-electron chi connectivity index (χ1n) is 4.36. The summed E-state index contributed by atoms with van der Waals surface area (Å²) in [5.41, 5.74) is 2.27. The number of fused-ring (bicyclic) bond motifs is 1. The van der Waals surface area contributed by atoms with Gasteiger partial charge in [-0.15, -0.1) is 4.99 Å². The summed E-state index contributed by atoms with van der Waals surface area (Å²) in [5, 5.41) is 1.10. The van der Waals surface area contributed by atoms with E-state index in [1.165, 1.54) is 5.56 Å². The van der Waals surface area contributed by atoms with E-state index < -0.39 is 0 Å². The highest BCUT2D eigenvalue weighted by Crippen LogP contribution is 2.24. The highest BCUT2D eigenvalue weighted by atomic mass is 16.1. The summed E-state index contributed by atoms with van der Waals surface area (Å²) in [6.07, 6.45) is 1.55. The molecule has 1 aromatic carbocycles. The Labute approximate surface area is 81.7 Å². The summed E-state index contributed by atoms with van der Waals surface area (Å²) in [7, 11) is 1.88. The summed E-state index contributed by atoms with van der Waals surface area (Å²) in [6.45, 7) is 2.04. The van der Waals surface area contributed by atoms with E-state index >= 15 is 0 Å². The first kappa shape index (κ1) is 8.73. The van der Waals surface area contributed by atoms with Crippen molar-refractivity contribution in [2.75, 3.05) is 0 Å². The van der Waals surface area contributed by atoms with Crippen molar-refractivity contribution in [3.05, 3.63) is 29.8 Å². The molecule has 0 fully saturated rings. The van der Waals surface area contributed by atoms with Crippen molar-refractivity contribution in [1.82, 2.24) is 4.57 Å². The maximum absolute atomic E-state index is 10.2. The summed E-state index contributed by atoms with van der Waals surface area (Å²) in [5.74, 6) is 0.639. The van der Waals surface area contributed by atoms with E-state index in [0.29, 0.717) is 5.82 Å². The number of benzene rings is 1. The predicted octanol–water partition coefficient (Wildman–Crippen LogP) is 2.45. The Balaban J connectivity index is 2.79. The van der Waals surface area contributed by atoms with Crippen LogP contribution in [0.25, 0.3) is 10.9 Å². The molecule has 0 radical (unpaired) electrons. The Morgan fingerprint density at radius 2 is 2.14 bits per heavy atom. The minimum absolute atomic E-state index is 0.639. The van der Waals surface area contributed by atoms with Crippen LogP contribution in [0.4, 0.5) is 5.82 Å². The van der Waals surface area contributed by atoms with Crippen molar-refractivity contribution in [3.8, 4) is 0 Å². The molecular weight excluding hydrogens is 176 g/mol. The summed E-state index contributed by atoms with van der Waals surface area (Å²) in [6, 6.07) is 8.01. The Morgan fingerprint density at radius 3 is 2.86 bits per heavy atom. The van der Waals surface area contributed by atoms with Crippen LogP contribution in [0.1, 0.15) is 5.56 Å². The molecular formula is C11H10N2O. The van der Waals surface area contributed by atoms with Crippen LogP contribution in [0.2, 0.25) is 0 Å². The van der Waals surface area contributed by atoms with E-state index in [0.717, 1.165) is 10.9 Å². The van der Waals surface area contributed by atoms with Gasteiger partial charge in [-0.3, -0.25) is 0 Å². The van der Waals surface area contributed by atoms with Crippen molar-refractivity contribution >= 4 is 22.8 Å². The summed E-state index contributed by atoms with van der Waals surface area (Å²) in [4.78, 5) is 13.8. The van der Waals surface area contributed by atoms with E-state index in [1.54, 1.807) is 6.08 Å². The molecule has 0 N–H and O–H groups in total. The average molecular weight is 186 g/mol. The summed E-state index contributed by atoms with van der Waals surface area (Å²) >= 11 is 0. The molecule has 3 heteroatoms. The fourth-order valence-corrected chi connectivity index (χ4v) is 1.61. The SMILES string of the molecule is Cc1ccc2c(c1)cc(N=C=O)n2C. The molecule has 2 rings (SSSR count). The molecule has 14 heavy (non-hydrogen) atoms. The topological polar surface area (TPSA) is 34.4 Å². The normalized spacial score (nSPS) is 10.1. The molecule has 0 aliphatic carbocycles. The maximum Gasteiger partial charge on any atom is 0.242 e. The van der Waals surface area contributed by atoms with Gasteiger partial charge in [-0.25, -0.2) is 4.79 Å². The minimum atomic E-state index is 0.639. The fourth-order valence-electron chi connectivity index (χ4n) is 1.61. The van der Waals surface area contributed by atoms with Crippen molar-refractivity contribution < 1.29 is 4.79 Å². The lowest BCUT2D eigenvalue weighted by molar-refractivity contribution is 0.565.